The van der Waals surface area contributed by atoms with E-state index < -0.39 is 5.82 Å². The monoisotopic (exact) mass is 287 g/mol. The largest absolute Gasteiger partial charge is 0.332 e. The molecule has 1 aliphatic rings. The Morgan fingerprint density at radius 2 is 2.24 bits per heavy atom. The molecule has 0 atom stereocenters. The maximum Gasteiger partial charge on any atom is 0.254 e. The minimum absolute atomic E-state index is 0.159. The van der Waals surface area contributed by atoms with Crippen LogP contribution in [0.3, 0.4) is 0 Å². The lowest BCUT2D eigenvalue weighted by atomic mass is 10.0. The lowest BCUT2D eigenvalue weighted by Crippen LogP contribution is -2.39. The van der Waals surface area contributed by atoms with E-state index in [0.29, 0.717) is 35.3 Å². The molecule has 1 N–H and O–H groups in total. The lowest BCUT2D eigenvalue weighted by Gasteiger charge is -2.27. The van der Waals surface area contributed by atoms with Crippen LogP contribution in [0.5, 0.6) is 0 Å². The summed E-state index contributed by atoms with van der Waals surface area (Å²) in [6, 6.07) is 4.45. The molecular formula is C15H14FN3O2. The summed E-state index contributed by atoms with van der Waals surface area (Å²) < 4.78 is 13.6. The van der Waals surface area contributed by atoms with Gasteiger partial charge in [0.15, 0.2) is 0 Å². The number of fused-ring (bicyclic) bond motifs is 1. The number of benzene rings is 1. The van der Waals surface area contributed by atoms with Gasteiger partial charge in [0.1, 0.15) is 5.82 Å². The van der Waals surface area contributed by atoms with Crippen molar-refractivity contribution in [3.05, 3.63) is 63.1 Å². The molecule has 21 heavy (non-hydrogen) atoms. The molecule has 0 saturated carbocycles. The maximum atomic E-state index is 13.6. The number of hydrogen-bond donors (Lipinski definition) is 1. The highest BCUT2D eigenvalue weighted by Gasteiger charge is 2.24. The van der Waals surface area contributed by atoms with E-state index in [0.717, 1.165) is 0 Å². The number of nitrogens with zero attached hydrogens (tertiary/aromatic N) is 2. The Morgan fingerprint density at radius 1 is 1.43 bits per heavy atom. The highest BCUT2D eigenvalue weighted by molar-refractivity contribution is 5.94. The van der Waals surface area contributed by atoms with Crippen LogP contribution in [0.4, 0.5) is 4.39 Å². The van der Waals surface area contributed by atoms with Crippen LogP contribution in [0.15, 0.2) is 29.3 Å². The highest BCUT2D eigenvalue weighted by atomic mass is 19.1. The van der Waals surface area contributed by atoms with Gasteiger partial charge in [-0.15, -0.1) is 0 Å². The first kappa shape index (κ1) is 13.5. The Hall–Kier alpha value is -2.50. The number of halogens is 1. The summed E-state index contributed by atoms with van der Waals surface area (Å²) in [4.78, 5) is 32.3. The number of amides is 1. The zero-order valence-corrected chi connectivity index (χ0v) is 11.5. The Kier molecular flexibility index (Phi) is 3.29. The van der Waals surface area contributed by atoms with Crippen molar-refractivity contribution in [1.82, 2.24) is 14.9 Å². The third kappa shape index (κ3) is 2.44. The molecule has 0 unspecified atom stereocenters. The van der Waals surface area contributed by atoms with Crippen LogP contribution in [0.2, 0.25) is 0 Å². The van der Waals surface area contributed by atoms with Crippen molar-refractivity contribution >= 4 is 5.91 Å². The molecule has 0 fully saturated rings. The molecule has 1 aliphatic heterocycles. The topological polar surface area (TPSA) is 66.1 Å². The van der Waals surface area contributed by atoms with Crippen molar-refractivity contribution in [2.75, 3.05) is 6.54 Å². The second kappa shape index (κ2) is 5.12. The molecule has 0 bridgehead atoms. The average molecular weight is 287 g/mol. The van der Waals surface area contributed by atoms with Gasteiger partial charge in [0.2, 0.25) is 0 Å². The number of aromatic amines is 1. The SMILES string of the molecule is Cc1ccc(C(=O)N2CCc3c(nc[nH]c3=O)C2)cc1F. The van der Waals surface area contributed by atoms with Gasteiger partial charge in [-0.05, 0) is 31.0 Å². The molecule has 0 aliphatic carbocycles. The van der Waals surface area contributed by atoms with Gasteiger partial charge in [-0.3, -0.25) is 9.59 Å². The second-order valence-corrected chi connectivity index (χ2v) is 5.10. The molecule has 6 heteroatoms. The molecule has 2 heterocycles. The van der Waals surface area contributed by atoms with Gasteiger partial charge in [-0.25, -0.2) is 9.37 Å². The molecule has 1 aromatic carbocycles. The first-order valence-electron chi connectivity index (χ1n) is 6.67. The van der Waals surface area contributed by atoms with Crippen LogP contribution in [-0.4, -0.2) is 27.3 Å². The molecule has 5 nitrogen and oxygen atoms in total. The number of aromatic nitrogens is 2. The van der Waals surface area contributed by atoms with Crippen LogP contribution in [0.25, 0.3) is 0 Å². The van der Waals surface area contributed by atoms with Crippen LogP contribution < -0.4 is 5.56 Å². The molecule has 1 amide bonds. The lowest BCUT2D eigenvalue weighted by molar-refractivity contribution is 0.0730. The number of rotatable bonds is 1. The van der Waals surface area contributed by atoms with Crippen molar-refractivity contribution in [3.8, 4) is 0 Å². The Balaban J connectivity index is 1.87. The van der Waals surface area contributed by atoms with Gasteiger partial charge in [0, 0.05) is 17.7 Å². The summed E-state index contributed by atoms with van der Waals surface area (Å²) in [7, 11) is 0. The van der Waals surface area contributed by atoms with E-state index in [2.05, 4.69) is 9.97 Å². The van der Waals surface area contributed by atoms with E-state index in [1.165, 1.54) is 12.4 Å². The normalized spacial score (nSPS) is 13.9. The van der Waals surface area contributed by atoms with Crippen LogP contribution in [0.1, 0.15) is 27.2 Å². The summed E-state index contributed by atoms with van der Waals surface area (Å²) in [5.74, 6) is -0.644. The summed E-state index contributed by atoms with van der Waals surface area (Å²) >= 11 is 0. The van der Waals surface area contributed by atoms with Gasteiger partial charge >= 0.3 is 0 Å². The molecule has 2 aromatic rings. The molecule has 0 spiro atoms. The molecular weight excluding hydrogens is 273 g/mol. The zero-order valence-electron chi connectivity index (χ0n) is 11.5. The summed E-state index contributed by atoms with van der Waals surface area (Å²) in [5, 5.41) is 0. The third-order valence-corrected chi connectivity index (χ3v) is 3.72. The van der Waals surface area contributed by atoms with Gasteiger partial charge in [0.25, 0.3) is 11.5 Å². The first-order valence-corrected chi connectivity index (χ1v) is 6.67. The van der Waals surface area contributed by atoms with Gasteiger partial charge in [0.05, 0.1) is 18.6 Å². The summed E-state index contributed by atoms with van der Waals surface area (Å²) in [5.41, 5.74) is 1.88. The van der Waals surface area contributed by atoms with Crippen LogP contribution in [0, 0.1) is 12.7 Å². The van der Waals surface area contributed by atoms with Gasteiger partial charge in [-0.1, -0.05) is 6.07 Å². The first-order chi connectivity index (χ1) is 10.1. The standard InChI is InChI=1S/C15H14FN3O2/c1-9-2-3-10(6-12(9)16)15(21)19-5-4-11-13(7-19)17-8-18-14(11)20/h2-3,6,8H,4-5,7H2,1H3,(H,17,18,20). The number of nitrogens with one attached hydrogen (secondary N) is 1. The van der Waals surface area contributed by atoms with E-state index in [9.17, 15) is 14.0 Å². The molecule has 0 radical (unpaired) electrons. The average Bonchev–Trinajstić information content (AvgIpc) is 2.49. The van der Waals surface area contributed by atoms with E-state index in [4.69, 9.17) is 0 Å². The van der Waals surface area contributed by atoms with Crippen molar-refractivity contribution < 1.29 is 9.18 Å². The zero-order chi connectivity index (χ0) is 15.0. The van der Waals surface area contributed by atoms with Gasteiger partial charge in [-0.2, -0.15) is 0 Å². The highest BCUT2D eigenvalue weighted by Crippen LogP contribution is 2.17. The minimum Gasteiger partial charge on any atom is -0.332 e. The number of H-pyrrole nitrogens is 1. The molecule has 1 aromatic heterocycles. The predicted molar refractivity (Wildman–Crippen MR) is 74.4 cm³/mol. The molecule has 3 rings (SSSR count). The van der Waals surface area contributed by atoms with E-state index in [1.807, 2.05) is 0 Å². The van der Waals surface area contributed by atoms with E-state index >= 15 is 0 Å². The summed E-state index contributed by atoms with van der Waals surface area (Å²) in [6.45, 7) is 2.35. The van der Waals surface area contributed by atoms with Crippen LogP contribution >= 0.6 is 0 Å². The van der Waals surface area contributed by atoms with Gasteiger partial charge < -0.3 is 9.88 Å². The maximum absolute atomic E-state index is 13.6. The van der Waals surface area contributed by atoms with Crippen molar-refractivity contribution in [2.45, 2.75) is 19.9 Å². The molecule has 108 valence electrons. The Morgan fingerprint density at radius 3 is 3.00 bits per heavy atom. The van der Waals surface area contributed by atoms with E-state index in [-0.39, 0.29) is 18.0 Å². The third-order valence-electron chi connectivity index (χ3n) is 3.72. The number of carbonyl (C=O) groups excluding carboxylic acids is 1. The fourth-order valence-electron chi connectivity index (χ4n) is 2.45. The number of aryl methyl sites for hydroxylation is 1. The van der Waals surface area contributed by atoms with Crippen molar-refractivity contribution in [2.24, 2.45) is 0 Å². The predicted octanol–water partition coefficient (Wildman–Crippen LogP) is 1.42. The fraction of sp³-hybridized carbons (Fsp3) is 0.267. The van der Waals surface area contributed by atoms with Crippen molar-refractivity contribution in [1.29, 1.82) is 0 Å². The Labute approximate surface area is 120 Å². The smallest absolute Gasteiger partial charge is 0.254 e. The number of carbonyl (C=O) groups is 1. The molecule has 0 saturated heterocycles. The van der Waals surface area contributed by atoms with Crippen molar-refractivity contribution in [3.63, 3.8) is 0 Å². The Bertz CT molecular complexity index is 770. The second-order valence-electron chi connectivity index (χ2n) is 5.10. The quantitative estimate of drug-likeness (QED) is 0.862. The summed E-state index contributed by atoms with van der Waals surface area (Å²) in [6.07, 6.45) is 1.79. The minimum atomic E-state index is -0.396. The fourth-order valence-corrected chi connectivity index (χ4v) is 2.45. The van der Waals surface area contributed by atoms with Crippen LogP contribution in [-0.2, 0) is 13.0 Å². The van der Waals surface area contributed by atoms with E-state index in [1.54, 1.807) is 24.0 Å². The number of hydrogen-bond acceptors (Lipinski definition) is 3.